The van der Waals surface area contributed by atoms with Gasteiger partial charge in [0.25, 0.3) is 0 Å². The van der Waals surface area contributed by atoms with E-state index in [4.69, 9.17) is 9.40 Å². The molecule has 3 aromatic heterocycles. The number of imidazole rings is 1. The second-order valence-electron chi connectivity index (χ2n) is 7.33. The topological polar surface area (TPSA) is 43.9 Å². The van der Waals surface area contributed by atoms with Gasteiger partial charge in [0.1, 0.15) is 17.0 Å². The molecule has 5 heteroatoms. The maximum Gasteiger partial charge on any atom is 0.178 e. The molecule has 0 spiro atoms. The summed E-state index contributed by atoms with van der Waals surface area (Å²) in [5.41, 5.74) is 5.53. The van der Waals surface area contributed by atoms with Crippen LogP contribution in [0.4, 0.5) is 4.39 Å². The summed E-state index contributed by atoms with van der Waals surface area (Å²) < 4.78 is 22.0. The Morgan fingerprint density at radius 3 is 2.57 bits per heavy atom. The third kappa shape index (κ3) is 2.45. The lowest BCUT2D eigenvalue weighted by molar-refractivity contribution is 0.618. The SMILES string of the molecule is Cc1ccc2c(n1)nc(-c1cccc3c1oc1cc(F)ccc13)n2-c1ccccc1. The number of furan rings is 1. The van der Waals surface area contributed by atoms with Gasteiger partial charge in [-0.15, -0.1) is 0 Å². The molecule has 0 aliphatic carbocycles. The number of rotatable bonds is 2. The van der Waals surface area contributed by atoms with Crippen molar-refractivity contribution >= 4 is 33.1 Å². The summed E-state index contributed by atoms with van der Waals surface area (Å²) >= 11 is 0. The van der Waals surface area contributed by atoms with Gasteiger partial charge < -0.3 is 4.42 Å². The first-order chi connectivity index (χ1) is 14.7. The molecule has 6 rings (SSSR count). The first kappa shape index (κ1) is 16.9. The summed E-state index contributed by atoms with van der Waals surface area (Å²) in [6.07, 6.45) is 0. The van der Waals surface area contributed by atoms with Gasteiger partial charge in [-0.3, -0.25) is 4.57 Å². The van der Waals surface area contributed by atoms with Crippen molar-refractivity contribution in [1.82, 2.24) is 14.5 Å². The third-order valence-electron chi connectivity index (χ3n) is 5.37. The summed E-state index contributed by atoms with van der Waals surface area (Å²) in [5, 5.41) is 1.81. The molecule has 0 saturated heterocycles. The molecule has 6 aromatic rings. The Morgan fingerprint density at radius 1 is 0.833 bits per heavy atom. The number of aryl methyl sites for hydroxylation is 1. The minimum absolute atomic E-state index is 0.320. The molecule has 144 valence electrons. The lowest BCUT2D eigenvalue weighted by Crippen LogP contribution is -1.97. The first-order valence-electron chi connectivity index (χ1n) is 9.72. The zero-order valence-corrected chi connectivity index (χ0v) is 16.1. The summed E-state index contributed by atoms with van der Waals surface area (Å²) in [5.74, 6) is 0.415. The van der Waals surface area contributed by atoms with Crippen LogP contribution >= 0.6 is 0 Å². The average Bonchev–Trinajstić information content (AvgIpc) is 3.31. The zero-order chi connectivity index (χ0) is 20.2. The highest BCUT2D eigenvalue weighted by molar-refractivity contribution is 6.09. The van der Waals surface area contributed by atoms with Gasteiger partial charge in [0.05, 0.1) is 11.1 Å². The molecular weight excluding hydrogens is 377 g/mol. The van der Waals surface area contributed by atoms with Gasteiger partial charge >= 0.3 is 0 Å². The quantitative estimate of drug-likeness (QED) is 0.340. The molecule has 0 amide bonds. The van der Waals surface area contributed by atoms with Crippen LogP contribution in [0.3, 0.4) is 0 Å². The molecule has 0 unspecified atom stereocenters. The molecule has 0 radical (unpaired) electrons. The molecule has 0 saturated carbocycles. The Morgan fingerprint density at radius 2 is 1.70 bits per heavy atom. The van der Waals surface area contributed by atoms with Crippen LogP contribution in [0.25, 0.3) is 50.2 Å². The zero-order valence-electron chi connectivity index (χ0n) is 16.1. The van der Waals surface area contributed by atoms with Crippen molar-refractivity contribution in [3.8, 4) is 17.1 Å². The van der Waals surface area contributed by atoms with Gasteiger partial charge in [-0.25, -0.2) is 14.4 Å². The molecule has 30 heavy (non-hydrogen) atoms. The minimum Gasteiger partial charge on any atom is -0.455 e. The number of aromatic nitrogens is 3. The summed E-state index contributed by atoms with van der Waals surface area (Å²) in [4.78, 5) is 9.51. The predicted octanol–water partition coefficient (Wildman–Crippen LogP) is 6.43. The number of halogens is 1. The van der Waals surface area contributed by atoms with E-state index in [1.807, 2.05) is 67.6 Å². The lowest BCUT2D eigenvalue weighted by Gasteiger charge is -2.09. The molecule has 0 N–H and O–H groups in total. The van der Waals surface area contributed by atoms with Gasteiger partial charge in [-0.05, 0) is 49.4 Å². The Hall–Kier alpha value is -3.99. The number of hydrogen-bond donors (Lipinski definition) is 0. The molecule has 0 aliphatic rings. The van der Waals surface area contributed by atoms with Crippen LogP contribution < -0.4 is 0 Å². The van der Waals surface area contributed by atoms with Crippen LogP contribution in [0.2, 0.25) is 0 Å². The predicted molar refractivity (Wildman–Crippen MR) is 116 cm³/mol. The number of pyridine rings is 1. The van der Waals surface area contributed by atoms with Crippen molar-refractivity contribution in [3.05, 3.63) is 90.4 Å². The monoisotopic (exact) mass is 393 g/mol. The number of benzene rings is 3. The fourth-order valence-corrected chi connectivity index (χ4v) is 4.02. The van der Waals surface area contributed by atoms with E-state index in [9.17, 15) is 4.39 Å². The Balaban J connectivity index is 1.73. The van der Waals surface area contributed by atoms with Gasteiger partial charge in [-0.1, -0.05) is 30.3 Å². The van der Waals surface area contributed by atoms with Crippen LogP contribution in [0, 0.1) is 12.7 Å². The highest BCUT2D eigenvalue weighted by Crippen LogP contribution is 2.37. The molecule has 0 fully saturated rings. The Labute approximate surface area is 171 Å². The fraction of sp³-hybridized carbons (Fsp3) is 0.0400. The van der Waals surface area contributed by atoms with Gasteiger partial charge in [0.15, 0.2) is 11.5 Å². The number of para-hydroxylation sites is 2. The summed E-state index contributed by atoms with van der Waals surface area (Å²) in [7, 11) is 0. The molecule has 0 atom stereocenters. The number of nitrogens with zero attached hydrogens (tertiary/aromatic N) is 3. The van der Waals surface area contributed by atoms with Gasteiger partial charge in [0, 0.05) is 28.2 Å². The van der Waals surface area contributed by atoms with E-state index in [1.165, 1.54) is 12.1 Å². The first-order valence-corrected chi connectivity index (χ1v) is 9.72. The Bertz CT molecular complexity index is 1560. The van der Waals surface area contributed by atoms with Crippen molar-refractivity contribution in [2.24, 2.45) is 0 Å². The van der Waals surface area contributed by atoms with Crippen LogP contribution in [-0.4, -0.2) is 14.5 Å². The normalized spacial score (nSPS) is 11.7. The van der Waals surface area contributed by atoms with E-state index in [0.717, 1.165) is 39.1 Å². The van der Waals surface area contributed by atoms with E-state index in [2.05, 4.69) is 9.55 Å². The Kier molecular flexibility index (Phi) is 3.53. The molecule has 3 heterocycles. The highest BCUT2D eigenvalue weighted by Gasteiger charge is 2.20. The van der Waals surface area contributed by atoms with E-state index in [-0.39, 0.29) is 5.82 Å². The molecule has 0 aliphatic heterocycles. The smallest absolute Gasteiger partial charge is 0.178 e. The van der Waals surface area contributed by atoms with E-state index in [1.54, 1.807) is 6.07 Å². The second kappa shape index (κ2) is 6.26. The van der Waals surface area contributed by atoms with Crippen molar-refractivity contribution in [2.75, 3.05) is 0 Å². The number of fused-ring (bicyclic) bond motifs is 4. The van der Waals surface area contributed by atoms with Crippen LogP contribution in [0.5, 0.6) is 0 Å². The standard InChI is InChI=1S/C25H16FN3O/c1-15-10-13-21-24(27-15)28-25(29(21)17-6-3-2-4-7-17)20-9-5-8-19-18-12-11-16(26)14-22(18)30-23(19)20/h2-14H,1H3. The van der Waals surface area contributed by atoms with Crippen LogP contribution in [0.1, 0.15) is 5.69 Å². The number of hydrogen-bond acceptors (Lipinski definition) is 3. The molecule has 3 aromatic carbocycles. The van der Waals surface area contributed by atoms with E-state index < -0.39 is 0 Å². The minimum atomic E-state index is -0.320. The highest BCUT2D eigenvalue weighted by atomic mass is 19.1. The van der Waals surface area contributed by atoms with E-state index in [0.29, 0.717) is 16.8 Å². The molecular formula is C25H16FN3O. The fourth-order valence-electron chi connectivity index (χ4n) is 4.02. The van der Waals surface area contributed by atoms with Crippen molar-refractivity contribution in [1.29, 1.82) is 0 Å². The van der Waals surface area contributed by atoms with Crippen LogP contribution in [-0.2, 0) is 0 Å². The van der Waals surface area contributed by atoms with Crippen molar-refractivity contribution in [2.45, 2.75) is 6.92 Å². The lowest BCUT2D eigenvalue weighted by atomic mass is 10.1. The molecule has 4 nitrogen and oxygen atoms in total. The molecule has 0 bridgehead atoms. The van der Waals surface area contributed by atoms with Gasteiger partial charge in [0.2, 0.25) is 0 Å². The maximum atomic E-state index is 13.8. The van der Waals surface area contributed by atoms with Gasteiger partial charge in [-0.2, -0.15) is 0 Å². The second-order valence-corrected chi connectivity index (χ2v) is 7.33. The van der Waals surface area contributed by atoms with Crippen LogP contribution in [0.15, 0.2) is 83.3 Å². The van der Waals surface area contributed by atoms with Crippen molar-refractivity contribution in [3.63, 3.8) is 0 Å². The van der Waals surface area contributed by atoms with Crippen molar-refractivity contribution < 1.29 is 8.81 Å². The summed E-state index contributed by atoms with van der Waals surface area (Å²) in [6, 6.07) is 24.7. The third-order valence-corrected chi connectivity index (χ3v) is 5.37. The van der Waals surface area contributed by atoms with E-state index >= 15 is 0 Å². The maximum absolute atomic E-state index is 13.8. The average molecular weight is 393 g/mol. The summed E-state index contributed by atoms with van der Waals surface area (Å²) in [6.45, 7) is 1.95. The largest absolute Gasteiger partial charge is 0.455 e.